The van der Waals surface area contributed by atoms with Gasteiger partial charge in [0, 0.05) is 11.5 Å². The van der Waals surface area contributed by atoms with Crippen molar-refractivity contribution in [2.75, 3.05) is 5.32 Å². The van der Waals surface area contributed by atoms with Crippen molar-refractivity contribution in [1.29, 1.82) is 0 Å². The molecule has 0 unspecified atom stereocenters. The number of nitrogens with zero attached hydrogens (tertiary/aromatic N) is 3. The van der Waals surface area contributed by atoms with Crippen LogP contribution in [0.4, 0.5) is 9.52 Å². The highest BCUT2D eigenvalue weighted by molar-refractivity contribution is 7.19. The summed E-state index contributed by atoms with van der Waals surface area (Å²) in [5.41, 5.74) is 1.34. The Labute approximate surface area is 141 Å². The molecule has 0 saturated heterocycles. The fourth-order valence-corrected chi connectivity index (χ4v) is 2.82. The summed E-state index contributed by atoms with van der Waals surface area (Å²) in [6.07, 6.45) is 0. The summed E-state index contributed by atoms with van der Waals surface area (Å²) in [6, 6.07) is 5.83. The summed E-state index contributed by atoms with van der Waals surface area (Å²) in [7, 11) is 0. The first-order valence-electron chi connectivity index (χ1n) is 7.32. The number of benzene rings is 1. The Kier molecular flexibility index (Phi) is 4.39. The van der Waals surface area contributed by atoms with Crippen LogP contribution in [0, 0.1) is 18.7 Å². The monoisotopic (exact) mass is 346 g/mol. The normalized spacial score (nSPS) is 11.0. The molecular formula is C16H15FN4O2S. The van der Waals surface area contributed by atoms with E-state index in [9.17, 15) is 9.18 Å². The van der Waals surface area contributed by atoms with Gasteiger partial charge in [-0.3, -0.25) is 4.79 Å². The summed E-state index contributed by atoms with van der Waals surface area (Å²) in [4.78, 5) is 21.1. The third kappa shape index (κ3) is 3.33. The number of amides is 1. The lowest BCUT2D eigenvalue weighted by Crippen LogP contribution is -2.17. The summed E-state index contributed by atoms with van der Waals surface area (Å²) in [5, 5.41) is 7.16. The fourth-order valence-electron chi connectivity index (χ4n) is 1.93. The maximum Gasteiger partial charge on any atom is 0.270 e. The van der Waals surface area contributed by atoms with E-state index < -0.39 is 0 Å². The number of halogens is 1. The quantitative estimate of drug-likeness (QED) is 0.775. The fraction of sp³-hybridized carbons (Fsp3) is 0.250. The highest BCUT2D eigenvalue weighted by atomic mass is 32.1. The molecule has 3 rings (SSSR count). The lowest BCUT2D eigenvalue weighted by molar-refractivity contribution is -0.118. The molecule has 0 bridgehead atoms. The second kappa shape index (κ2) is 6.48. The molecule has 124 valence electrons. The number of carbonyl (C=O) groups is 1. The van der Waals surface area contributed by atoms with Gasteiger partial charge in [0.05, 0.1) is 5.69 Å². The van der Waals surface area contributed by atoms with Crippen LogP contribution in [-0.4, -0.2) is 21.0 Å². The van der Waals surface area contributed by atoms with E-state index in [-0.39, 0.29) is 17.6 Å². The van der Waals surface area contributed by atoms with Crippen molar-refractivity contribution >= 4 is 22.4 Å². The second-order valence-corrected chi connectivity index (χ2v) is 6.51. The molecule has 0 aliphatic heterocycles. The van der Waals surface area contributed by atoms with Crippen molar-refractivity contribution in [3.63, 3.8) is 0 Å². The average Bonchev–Trinajstić information content (AvgIpc) is 3.14. The van der Waals surface area contributed by atoms with Crippen LogP contribution in [0.2, 0.25) is 0 Å². The van der Waals surface area contributed by atoms with Gasteiger partial charge in [-0.2, -0.15) is 4.98 Å². The molecule has 0 fully saturated rings. The maximum absolute atomic E-state index is 13.0. The maximum atomic E-state index is 13.0. The lowest BCUT2D eigenvalue weighted by atomic mass is 10.2. The third-order valence-corrected chi connectivity index (χ3v) is 4.33. The minimum atomic E-state index is -0.327. The van der Waals surface area contributed by atoms with Gasteiger partial charge in [0.1, 0.15) is 10.7 Å². The first-order valence-corrected chi connectivity index (χ1v) is 8.14. The number of thiazole rings is 1. The van der Waals surface area contributed by atoms with Crippen molar-refractivity contribution in [2.24, 2.45) is 5.92 Å². The molecule has 0 aliphatic carbocycles. The number of aryl methyl sites for hydroxylation is 1. The van der Waals surface area contributed by atoms with Crippen molar-refractivity contribution in [3.05, 3.63) is 35.8 Å². The molecule has 2 heterocycles. The van der Waals surface area contributed by atoms with Crippen molar-refractivity contribution < 1.29 is 13.7 Å². The molecular weight excluding hydrogens is 331 g/mol. The minimum absolute atomic E-state index is 0.104. The van der Waals surface area contributed by atoms with E-state index in [1.54, 1.807) is 19.1 Å². The van der Waals surface area contributed by atoms with E-state index in [0.717, 1.165) is 0 Å². The molecule has 1 amide bonds. The molecule has 0 spiro atoms. The molecule has 24 heavy (non-hydrogen) atoms. The second-order valence-electron chi connectivity index (χ2n) is 5.51. The van der Waals surface area contributed by atoms with Gasteiger partial charge in [0.15, 0.2) is 5.13 Å². The predicted octanol–water partition coefficient (Wildman–Crippen LogP) is 3.90. The predicted molar refractivity (Wildman–Crippen MR) is 89.0 cm³/mol. The number of hydrogen-bond acceptors (Lipinski definition) is 6. The number of aromatic nitrogens is 3. The summed E-state index contributed by atoms with van der Waals surface area (Å²) in [6.45, 7) is 5.42. The van der Waals surface area contributed by atoms with E-state index in [4.69, 9.17) is 4.52 Å². The van der Waals surface area contributed by atoms with Gasteiger partial charge in [0.25, 0.3) is 5.89 Å². The molecule has 6 nitrogen and oxygen atoms in total. The summed E-state index contributed by atoms with van der Waals surface area (Å²) in [5.74, 6) is 0.116. The Hall–Kier alpha value is -2.61. The van der Waals surface area contributed by atoms with E-state index in [0.29, 0.717) is 33.0 Å². The molecule has 1 N–H and O–H groups in total. The Morgan fingerprint density at radius 3 is 2.62 bits per heavy atom. The Bertz CT molecular complexity index is 871. The van der Waals surface area contributed by atoms with Gasteiger partial charge >= 0.3 is 0 Å². The molecule has 0 aliphatic rings. The van der Waals surface area contributed by atoms with Crippen LogP contribution in [0.5, 0.6) is 0 Å². The van der Waals surface area contributed by atoms with Crippen LogP contribution < -0.4 is 5.32 Å². The van der Waals surface area contributed by atoms with Crippen LogP contribution in [0.15, 0.2) is 28.8 Å². The van der Waals surface area contributed by atoms with Crippen molar-refractivity contribution in [1.82, 2.24) is 15.1 Å². The van der Waals surface area contributed by atoms with Crippen molar-refractivity contribution in [2.45, 2.75) is 20.8 Å². The van der Waals surface area contributed by atoms with Crippen LogP contribution in [-0.2, 0) is 4.79 Å². The third-order valence-electron chi connectivity index (χ3n) is 3.27. The molecule has 0 atom stereocenters. The van der Waals surface area contributed by atoms with E-state index >= 15 is 0 Å². The SMILES string of the molecule is Cc1nc(NC(=O)C(C)C)sc1-c1nc(-c2ccc(F)cc2)no1. The summed E-state index contributed by atoms with van der Waals surface area (Å²) >= 11 is 1.27. The first kappa shape index (κ1) is 16.3. The molecule has 0 radical (unpaired) electrons. The van der Waals surface area contributed by atoms with Crippen LogP contribution in [0.25, 0.3) is 22.2 Å². The molecule has 0 saturated carbocycles. The molecule has 1 aromatic carbocycles. The van der Waals surface area contributed by atoms with Gasteiger partial charge in [-0.15, -0.1) is 0 Å². The zero-order valence-corrected chi connectivity index (χ0v) is 14.1. The Morgan fingerprint density at radius 1 is 1.25 bits per heavy atom. The van der Waals surface area contributed by atoms with Crippen molar-refractivity contribution in [3.8, 4) is 22.2 Å². The van der Waals surface area contributed by atoms with Gasteiger partial charge in [-0.05, 0) is 31.2 Å². The average molecular weight is 346 g/mol. The first-order chi connectivity index (χ1) is 11.4. The lowest BCUT2D eigenvalue weighted by Gasteiger charge is -2.02. The van der Waals surface area contributed by atoms with Gasteiger partial charge in [0.2, 0.25) is 11.7 Å². The molecule has 3 aromatic rings. The van der Waals surface area contributed by atoms with E-state index in [1.807, 2.05) is 13.8 Å². The number of rotatable bonds is 4. The standard InChI is InChI=1S/C16H15FN4O2S/c1-8(2)14(22)20-16-18-9(3)12(24-16)15-19-13(21-23-15)10-4-6-11(17)7-5-10/h4-8H,1-3H3,(H,18,20,22). The van der Waals surface area contributed by atoms with Crippen LogP contribution >= 0.6 is 11.3 Å². The molecule has 2 aromatic heterocycles. The number of nitrogens with one attached hydrogen (secondary N) is 1. The van der Waals surface area contributed by atoms with Gasteiger partial charge < -0.3 is 9.84 Å². The van der Waals surface area contributed by atoms with Gasteiger partial charge in [-0.25, -0.2) is 9.37 Å². The number of carbonyl (C=O) groups excluding carboxylic acids is 1. The number of hydrogen-bond donors (Lipinski definition) is 1. The topological polar surface area (TPSA) is 80.9 Å². The highest BCUT2D eigenvalue weighted by Gasteiger charge is 2.18. The van der Waals surface area contributed by atoms with Gasteiger partial charge in [-0.1, -0.05) is 30.3 Å². The molecule has 8 heteroatoms. The van der Waals surface area contributed by atoms with E-state index in [2.05, 4.69) is 20.4 Å². The van der Waals surface area contributed by atoms with Crippen LogP contribution in [0.1, 0.15) is 19.5 Å². The largest absolute Gasteiger partial charge is 0.333 e. The number of anilines is 1. The van der Waals surface area contributed by atoms with E-state index in [1.165, 1.54) is 23.5 Å². The smallest absolute Gasteiger partial charge is 0.270 e. The Morgan fingerprint density at radius 2 is 1.96 bits per heavy atom. The van der Waals surface area contributed by atoms with Crippen LogP contribution in [0.3, 0.4) is 0 Å². The zero-order valence-electron chi connectivity index (χ0n) is 13.3. The highest BCUT2D eigenvalue weighted by Crippen LogP contribution is 2.33. The Balaban J connectivity index is 1.86. The summed E-state index contributed by atoms with van der Waals surface area (Å²) < 4.78 is 18.3. The zero-order chi connectivity index (χ0) is 17.3. The minimum Gasteiger partial charge on any atom is -0.333 e.